The largest absolute Gasteiger partial charge is 0.295 e. The minimum absolute atomic E-state index is 0.605. The molecule has 0 aromatic carbocycles. The van der Waals surface area contributed by atoms with Crippen molar-refractivity contribution >= 4 is 23.1 Å². The predicted octanol–water partition coefficient (Wildman–Crippen LogP) is 2.23. The number of hydrogen-bond donors (Lipinski definition) is 0. The molecule has 0 spiro atoms. The molecule has 4 rings (SSSR count). The van der Waals surface area contributed by atoms with E-state index in [1.165, 1.54) is 6.33 Å². The molecule has 0 aliphatic carbocycles. The fraction of sp³-hybridized carbons (Fsp3) is 0.0769. The van der Waals surface area contributed by atoms with Gasteiger partial charge in [-0.05, 0) is 36.9 Å². The van der Waals surface area contributed by atoms with Crippen molar-refractivity contribution in [3.05, 3.63) is 48.7 Å². The highest BCUT2D eigenvalue weighted by atomic mass is 32.2. The maximum atomic E-state index is 4.46. The predicted molar refractivity (Wildman–Crippen MR) is 74.8 cm³/mol. The lowest BCUT2D eigenvalue weighted by Gasteiger charge is -2.04. The van der Waals surface area contributed by atoms with Crippen molar-refractivity contribution < 1.29 is 0 Å². The first-order chi connectivity index (χ1) is 9.81. The number of pyridine rings is 1. The summed E-state index contributed by atoms with van der Waals surface area (Å²) in [4.78, 5) is 12.9. The van der Waals surface area contributed by atoms with Crippen LogP contribution in [-0.2, 0) is 0 Å². The maximum absolute atomic E-state index is 4.46. The van der Waals surface area contributed by atoms with Crippen LogP contribution in [0.5, 0.6) is 0 Å². The molecule has 6 nitrogen and oxygen atoms in total. The molecule has 0 amide bonds. The first-order valence-electron chi connectivity index (χ1n) is 6.08. The zero-order valence-electron chi connectivity index (χ0n) is 10.6. The molecule has 0 fully saturated rings. The van der Waals surface area contributed by atoms with E-state index >= 15 is 0 Å². The standard InChI is InChI=1S/C13H10N6S/c1-9-6-11(19-12(17-9)15-8-16-19)20-13-14-7-10-4-2-3-5-18(10)13/h2-8H,1H3. The molecule has 0 saturated heterocycles. The van der Waals surface area contributed by atoms with Gasteiger partial charge in [0.25, 0.3) is 5.78 Å². The van der Waals surface area contributed by atoms with Gasteiger partial charge in [-0.2, -0.15) is 14.6 Å². The van der Waals surface area contributed by atoms with Crippen molar-refractivity contribution in [3.63, 3.8) is 0 Å². The second-order valence-corrected chi connectivity index (χ2v) is 5.33. The van der Waals surface area contributed by atoms with Crippen LogP contribution >= 0.6 is 11.8 Å². The van der Waals surface area contributed by atoms with Gasteiger partial charge in [0, 0.05) is 11.9 Å². The fourth-order valence-electron chi connectivity index (χ4n) is 2.06. The van der Waals surface area contributed by atoms with Gasteiger partial charge >= 0.3 is 0 Å². The first kappa shape index (κ1) is 11.4. The number of imidazole rings is 1. The van der Waals surface area contributed by atoms with Crippen LogP contribution in [0.25, 0.3) is 11.3 Å². The van der Waals surface area contributed by atoms with E-state index in [4.69, 9.17) is 0 Å². The Hall–Kier alpha value is -2.41. The van der Waals surface area contributed by atoms with Crippen LogP contribution in [0.4, 0.5) is 0 Å². The smallest absolute Gasteiger partial charge is 0.253 e. The van der Waals surface area contributed by atoms with E-state index in [1.54, 1.807) is 16.3 Å². The van der Waals surface area contributed by atoms with Crippen LogP contribution in [0.15, 0.2) is 53.2 Å². The van der Waals surface area contributed by atoms with Crippen LogP contribution in [0.2, 0.25) is 0 Å². The molecule has 0 unspecified atom stereocenters. The monoisotopic (exact) mass is 282 g/mol. The summed E-state index contributed by atoms with van der Waals surface area (Å²) in [6.45, 7) is 1.95. The van der Waals surface area contributed by atoms with Gasteiger partial charge in [-0.1, -0.05) is 6.07 Å². The van der Waals surface area contributed by atoms with Gasteiger partial charge in [0.1, 0.15) is 11.4 Å². The molecule has 98 valence electrons. The number of hydrogen-bond acceptors (Lipinski definition) is 5. The topological polar surface area (TPSA) is 60.4 Å². The third kappa shape index (κ3) is 1.75. The average Bonchev–Trinajstić information content (AvgIpc) is 3.06. The summed E-state index contributed by atoms with van der Waals surface area (Å²) in [5, 5.41) is 6.04. The summed E-state index contributed by atoms with van der Waals surface area (Å²) in [5.74, 6) is 0.605. The molecule has 0 aliphatic rings. The van der Waals surface area contributed by atoms with E-state index in [2.05, 4.69) is 20.1 Å². The molecular weight excluding hydrogens is 272 g/mol. The summed E-state index contributed by atoms with van der Waals surface area (Å²) < 4.78 is 3.77. The Morgan fingerprint density at radius 1 is 1.20 bits per heavy atom. The number of fused-ring (bicyclic) bond motifs is 2. The van der Waals surface area contributed by atoms with Crippen molar-refractivity contribution in [2.24, 2.45) is 0 Å². The molecule has 0 N–H and O–H groups in total. The molecule has 4 aromatic rings. The Kier molecular flexibility index (Phi) is 2.46. The van der Waals surface area contributed by atoms with Gasteiger partial charge in [0.05, 0.1) is 11.7 Å². The Bertz CT molecular complexity index is 909. The number of nitrogens with zero attached hydrogens (tertiary/aromatic N) is 6. The third-order valence-corrected chi connectivity index (χ3v) is 3.93. The van der Waals surface area contributed by atoms with Crippen LogP contribution in [0.3, 0.4) is 0 Å². The molecule has 4 aromatic heterocycles. The lowest BCUT2D eigenvalue weighted by atomic mass is 10.4. The van der Waals surface area contributed by atoms with E-state index in [9.17, 15) is 0 Å². The maximum Gasteiger partial charge on any atom is 0.253 e. The molecule has 0 radical (unpaired) electrons. The van der Waals surface area contributed by atoms with E-state index in [0.717, 1.165) is 21.4 Å². The summed E-state index contributed by atoms with van der Waals surface area (Å²) in [7, 11) is 0. The van der Waals surface area contributed by atoms with Crippen molar-refractivity contribution in [2.75, 3.05) is 0 Å². The van der Waals surface area contributed by atoms with Crippen LogP contribution < -0.4 is 0 Å². The highest BCUT2D eigenvalue weighted by Gasteiger charge is 2.10. The fourth-order valence-corrected chi connectivity index (χ4v) is 3.06. The molecule has 0 aliphatic heterocycles. The molecule has 0 atom stereocenters. The van der Waals surface area contributed by atoms with Gasteiger partial charge in [0.15, 0.2) is 5.16 Å². The van der Waals surface area contributed by atoms with E-state index in [-0.39, 0.29) is 0 Å². The minimum Gasteiger partial charge on any atom is -0.295 e. The van der Waals surface area contributed by atoms with Crippen molar-refractivity contribution in [1.29, 1.82) is 0 Å². The average molecular weight is 282 g/mol. The van der Waals surface area contributed by atoms with E-state index < -0.39 is 0 Å². The Labute approximate surface area is 118 Å². The number of rotatable bonds is 2. The number of aromatic nitrogens is 6. The highest BCUT2D eigenvalue weighted by molar-refractivity contribution is 7.99. The quantitative estimate of drug-likeness (QED) is 0.528. The molecule has 0 bridgehead atoms. The lowest BCUT2D eigenvalue weighted by molar-refractivity contribution is 0.827. The van der Waals surface area contributed by atoms with Gasteiger partial charge in [0.2, 0.25) is 0 Å². The van der Waals surface area contributed by atoms with Gasteiger partial charge in [-0.3, -0.25) is 4.40 Å². The van der Waals surface area contributed by atoms with Crippen LogP contribution in [0.1, 0.15) is 5.69 Å². The van der Waals surface area contributed by atoms with Crippen LogP contribution in [-0.4, -0.2) is 29.0 Å². The Balaban J connectivity index is 1.86. The van der Waals surface area contributed by atoms with Gasteiger partial charge in [-0.15, -0.1) is 0 Å². The second-order valence-electron chi connectivity index (χ2n) is 4.35. The van der Waals surface area contributed by atoms with Crippen molar-refractivity contribution in [1.82, 2.24) is 29.0 Å². The molecule has 0 saturated carbocycles. The summed E-state index contributed by atoms with van der Waals surface area (Å²) >= 11 is 1.54. The van der Waals surface area contributed by atoms with E-state index in [1.807, 2.05) is 48.0 Å². The third-order valence-electron chi connectivity index (χ3n) is 2.95. The van der Waals surface area contributed by atoms with Crippen molar-refractivity contribution in [2.45, 2.75) is 17.1 Å². The van der Waals surface area contributed by atoms with Gasteiger partial charge in [-0.25, -0.2) is 9.97 Å². The Morgan fingerprint density at radius 2 is 2.15 bits per heavy atom. The summed E-state index contributed by atoms with van der Waals surface area (Å²) in [5.41, 5.74) is 1.98. The van der Waals surface area contributed by atoms with E-state index in [0.29, 0.717) is 5.78 Å². The molecule has 20 heavy (non-hydrogen) atoms. The normalized spacial score (nSPS) is 11.4. The highest BCUT2D eigenvalue weighted by Crippen LogP contribution is 2.27. The van der Waals surface area contributed by atoms with Crippen LogP contribution in [0, 0.1) is 6.92 Å². The Morgan fingerprint density at radius 3 is 3.10 bits per heavy atom. The zero-order chi connectivity index (χ0) is 13.5. The summed E-state index contributed by atoms with van der Waals surface area (Å²) in [6.07, 6.45) is 5.36. The first-order valence-corrected chi connectivity index (χ1v) is 6.90. The van der Waals surface area contributed by atoms with Gasteiger partial charge < -0.3 is 0 Å². The lowest BCUT2D eigenvalue weighted by Crippen LogP contribution is -1.98. The second kappa shape index (κ2) is 4.31. The molecular formula is C13H10N6S. The molecule has 7 heteroatoms. The zero-order valence-corrected chi connectivity index (χ0v) is 11.4. The SMILES string of the molecule is Cc1cc(Sc2ncc3ccccn23)n2ncnc2n1. The van der Waals surface area contributed by atoms with Crippen molar-refractivity contribution in [3.8, 4) is 0 Å². The minimum atomic E-state index is 0.605. The number of aryl methyl sites for hydroxylation is 1. The summed E-state index contributed by atoms with van der Waals surface area (Å²) in [6, 6.07) is 8.00. The molecule has 4 heterocycles.